The first kappa shape index (κ1) is 16.4. The molecule has 4 heteroatoms. The molecule has 2 N–H and O–H groups in total. The van der Waals surface area contributed by atoms with Crippen LogP contribution in [0.1, 0.15) is 51.8 Å². The molecule has 2 aromatic rings. The SMILES string of the molecule is CCCCOc1cc(C)ccc1-n1nc(C(C)(C)C)cc1N. The minimum absolute atomic E-state index is 0.0344. The van der Waals surface area contributed by atoms with Gasteiger partial charge in [-0.15, -0.1) is 0 Å². The second kappa shape index (κ2) is 6.42. The van der Waals surface area contributed by atoms with E-state index in [2.05, 4.69) is 45.8 Å². The van der Waals surface area contributed by atoms with Gasteiger partial charge in [0.15, 0.2) is 0 Å². The lowest BCUT2D eigenvalue weighted by Crippen LogP contribution is -2.13. The van der Waals surface area contributed by atoms with Crippen molar-refractivity contribution in [3.63, 3.8) is 0 Å². The smallest absolute Gasteiger partial charge is 0.145 e. The Hall–Kier alpha value is -1.97. The zero-order chi connectivity index (χ0) is 16.3. The molecule has 0 atom stereocenters. The summed E-state index contributed by atoms with van der Waals surface area (Å²) in [5.41, 5.74) is 9.18. The predicted octanol–water partition coefficient (Wildman–Crippen LogP) is 4.24. The summed E-state index contributed by atoms with van der Waals surface area (Å²) >= 11 is 0. The van der Waals surface area contributed by atoms with Gasteiger partial charge in [0.1, 0.15) is 17.3 Å². The van der Waals surface area contributed by atoms with Crippen LogP contribution in [0.3, 0.4) is 0 Å². The van der Waals surface area contributed by atoms with Crippen LogP contribution >= 0.6 is 0 Å². The van der Waals surface area contributed by atoms with Gasteiger partial charge in [0.2, 0.25) is 0 Å². The second-order valence-corrected chi connectivity index (χ2v) is 6.79. The first-order valence-corrected chi connectivity index (χ1v) is 7.92. The molecule has 22 heavy (non-hydrogen) atoms. The van der Waals surface area contributed by atoms with Gasteiger partial charge in [0.05, 0.1) is 12.3 Å². The molecule has 0 bridgehead atoms. The number of benzene rings is 1. The normalized spacial score (nSPS) is 11.7. The van der Waals surface area contributed by atoms with Crippen LogP contribution in [-0.4, -0.2) is 16.4 Å². The third kappa shape index (κ3) is 3.62. The quantitative estimate of drug-likeness (QED) is 0.840. The van der Waals surface area contributed by atoms with E-state index in [1.165, 1.54) is 0 Å². The summed E-state index contributed by atoms with van der Waals surface area (Å²) in [6, 6.07) is 8.06. The van der Waals surface area contributed by atoms with Gasteiger partial charge in [-0.25, -0.2) is 4.68 Å². The molecule has 0 spiro atoms. The molecule has 0 aliphatic heterocycles. The highest BCUT2D eigenvalue weighted by Gasteiger charge is 2.20. The molecule has 120 valence electrons. The number of aromatic nitrogens is 2. The minimum Gasteiger partial charge on any atom is -0.491 e. The Morgan fingerprint density at radius 2 is 1.95 bits per heavy atom. The van der Waals surface area contributed by atoms with E-state index in [1.807, 2.05) is 18.2 Å². The van der Waals surface area contributed by atoms with Crippen molar-refractivity contribution in [3.05, 3.63) is 35.5 Å². The Labute approximate surface area is 133 Å². The zero-order valence-corrected chi connectivity index (χ0v) is 14.3. The lowest BCUT2D eigenvalue weighted by atomic mass is 9.92. The highest BCUT2D eigenvalue weighted by molar-refractivity contribution is 5.53. The van der Waals surface area contributed by atoms with E-state index < -0.39 is 0 Å². The molecule has 4 nitrogen and oxygen atoms in total. The topological polar surface area (TPSA) is 53.1 Å². The molecule has 0 fully saturated rings. The molecule has 0 saturated carbocycles. The number of unbranched alkanes of at least 4 members (excludes halogenated alkanes) is 1. The average Bonchev–Trinajstić information content (AvgIpc) is 2.81. The second-order valence-electron chi connectivity index (χ2n) is 6.79. The van der Waals surface area contributed by atoms with Gasteiger partial charge in [-0.1, -0.05) is 40.2 Å². The molecule has 1 aromatic heterocycles. The Morgan fingerprint density at radius 3 is 2.55 bits per heavy atom. The van der Waals surface area contributed by atoms with Gasteiger partial charge >= 0.3 is 0 Å². The van der Waals surface area contributed by atoms with Crippen LogP contribution in [0.5, 0.6) is 5.75 Å². The lowest BCUT2D eigenvalue weighted by Gasteiger charge is -2.15. The van der Waals surface area contributed by atoms with Gasteiger partial charge < -0.3 is 10.5 Å². The molecular weight excluding hydrogens is 274 g/mol. The number of nitrogens with zero attached hydrogens (tertiary/aromatic N) is 2. The fourth-order valence-corrected chi connectivity index (χ4v) is 2.19. The molecule has 0 amide bonds. The van der Waals surface area contributed by atoms with Crippen LogP contribution in [0, 0.1) is 6.92 Å². The van der Waals surface area contributed by atoms with Crippen LogP contribution in [0.15, 0.2) is 24.3 Å². The van der Waals surface area contributed by atoms with Gasteiger partial charge in [-0.05, 0) is 31.0 Å². The van der Waals surface area contributed by atoms with E-state index in [4.69, 9.17) is 10.5 Å². The maximum atomic E-state index is 6.18. The Balaban J connectivity index is 2.41. The van der Waals surface area contributed by atoms with Crippen LogP contribution in [-0.2, 0) is 5.41 Å². The number of anilines is 1. The fraction of sp³-hybridized carbons (Fsp3) is 0.500. The first-order valence-electron chi connectivity index (χ1n) is 7.92. The summed E-state index contributed by atoms with van der Waals surface area (Å²) in [4.78, 5) is 0. The molecular formula is C18H27N3O. The van der Waals surface area contributed by atoms with E-state index in [0.29, 0.717) is 12.4 Å². The largest absolute Gasteiger partial charge is 0.491 e. The van der Waals surface area contributed by atoms with Crippen LogP contribution in [0.2, 0.25) is 0 Å². The molecule has 2 rings (SSSR count). The molecule has 0 unspecified atom stereocenters. The van der Waals surface area contributed by atoms with E-state index in [0.717, 1.165) is 35.5 Å². The number of nitrogen functional groups attached to an aromatic ring is 1. The Bertz CT molecular complexity index is 638. The van der Waals surface area contributed by atoms with Gasteiger partial charge in [-0.2, -0.15) is 5.10 Å². The molecule has 0 radical (unpaired) electrons. The van der Waals surface area contributed by atoms with Crippen molar-refractivity contribution in [2.75, 3.05) is 12.3 Å². The average molecular weight is 301 g/mol. The van der Waals surface area contributed by atoms with E-state index in [-0.39, 0.29) is 5.41 Å². The molecule has 0 aliphatic carbocycles. The van der Waals surface area contributed by atoms with E-state index in [9.17, 15) is 0 Å². The number of hydrogen-bond donors (Lipinski definition) is 1. The van der Waals surface area contributed by atoms with Crippen molar-refractivity contribution < 1.29 is 4.74 Å². The summed E-state index contributed by atoms with van der Waals surface area (Å²) in [6.45, 7) is 11.3. The van der Waals surface area contributed by atoms with Crippen LogP contribution < -0.4 is 10.5 Å². The summed E-state index contributed by atoms with van der Waals surface area (Å²) < 4.78 is 7.73. The van der Waals surface area contributed by atoms with Gasteiger partial charge in [0.25, 0.3) is 0 Å². The standard InChI is InChI=1S/C18H27N3O/c1-6-7-10-22-15-11-13(2)8-9-14(15)21-17(19)12-16(20-21)18(3,4)5/h8-9,11-12H,6-7,10,19H2,1-5H3. The molecule has 0 aliphatic rings. The van der Waals surface area contributed by atoms with Crippen molar-refractivity contribution in [2.45, 2.75) is 52.9 Å². The number of rotatable bonds is 5. The molecule has 1 heterocycles. The van der Waals surface area contributed by atoms with Crippen LogP contribution in [0.4, 0.5) is 5.82 Å². The van der Waals surface area contributed by atoms with E-state index in [1.54, 1.807) is 4.68 Å². The third-order valence-corrected chi connectivity index (χ3v) is 3.60. The highest BCUT2D eigenvalue weighted by atomic mass is 16.5. The maximum Gasteiger partial charge on any atom is 0.145 e. The highest BCUT2D eigenvalue weighted by Crippen LogP contribution is 2.29. The summed E-state index contributed by atoms with van der Waals surface area (Å²) in [5.74, 6) is 1.47. The van der Waals surface area contributed by atoms with Gasteiger partial charge in [-0.3, -0.25) is 0 Å². The van der Waals surface area contributed by atoms with Crippen molar-refractivity contribution in [2.24, 2.45) is 0 Å². The zero-order valence-electron chi connectivity index (χ0n) is 14.3. The van der Waals surface area contributed by atoms with Crippen molar-refractivity contribution >= 4 is 5.82 Å². The Morgan fingerprint density at radius 1 is 1.23 bits per heavy atom. The number of ether oxygens (including phenoxy) is 1. The van der Waals surface area contributed by atoms with Crippen molar-refractivity contribution in [1.82, 2.24) is 9.78 Å². The summed E-state index contributed by atoms with van der Waals surface area (Å²) in [5, 5.41) is 4.68. The molecule has 1 aromatic carbocycles. The van der Waals surface area contributed by atoms with E-state index >= 15 is 0 Å². The minimum atomic E-state index is -0.0344. The van der Waals surface area contributed by atoms with Gasteiger partial charge in [0, 0.05) is 11.5 Å². The summed E-state index contributed by atoms with van der Waals surface area (Å²) in [6.07, 6.45) is 2.15. The lowest BCUT2D eigenvalue weighted by molar-refractivity contribution is 0.308. The molecule has 0 saturated heterocycles. The van der Waals surface area contributed by atoms with Crippen molar-refractivity contribution in [1.29, 1.82) is 0 Å². The maximum absolute atomic E-state index is 6.18. The monoisotopic (exact) mass is 301 g/mol. The Kier molecular flexibility index (Phi) is 4.79. The predicted molar refractivity (Wildman–Crippen MR) is 91.8 cm³/mol. The summed E-state index contributed by atoms with van der Waals surface area (Å²) in [7, 11) is 0. The fourth-order valence-electron chi connectivity index (χ4n) is 2.19. The number of nitrogens with two attached hydrogens (primary N) is 1. The third-order valence-electron chi connectivity index (χ3n) is 3.60. The number of aryl methyl sites for hydroxylation is 1. The van der Waals surface area contributed by atoms with Crippen LogP contribution in [0.25, 0.3) is 5.69 Å². The number of hydrogen-bond acceptors (Lipinski definition) is 3. The van der Waals surface area contributed by atoms with Crippen molar-refractivity contribution in [3.8, 4) is 11.4 Å². The first-order chi connectivity index (χ1) is 10.3.